The molecule has 34 heavy (non-hydrogen) atoms. The molecule has 1 aliphatic heterocycles. The molecule has 0 aliphatic carbocycles. The molecule has 0 spiro atoms. The molecule has 3 aromatic rings. The van der Waals surface area contributed by atoms with Crippen LogP contribution in [-0.2, 0) is 26.9 Å². The zero-order valence-corrected chi connectivity index (χ0v) is 19.4. The number of fused-ring (bicyclic) bond motifs is 1. The van der Waals surface area contributed by atoms with Crippen molar-refractivity contribution in [1.82, 2.24) is 9.55 Å². The number of carbonyl (C=O) groups excluding carboxylic acids is 1. The SMILES string of the molecule is CC1(Cc2ccc(OC(F)(F)F)cc2)C(=O)N(c2cc(Cl)cc(Cl)c2)c2ncc(S(=O)(=O)O)n21. The number of anilines is 2. The Balaban J connectivity index is 1.81. The summed E-state index contributed by atoms with van der Waals surface area (Å²) in [5.74, 6) is -1.21. The van der Waals surface area contributed by atoms with E-state index in [0.29, 0.717) is 5.56 Å². The molecule has 1 aliphatic rings. The Bertz CT molecular complexity index is 1370. The average molecular weight is 536 g/mol. The fourth-order valence-electron chi connectivity index (χ4n) is 3.82. The largest absolute Gasteiger partial charge is 0.573 e. The summed E-state index contributed by atoms with van der Waals surface area (Å²) in [6.45, 7) is 1.42. The van der Waals surface area contributed by atoms with Gasteiger partial charge in [-0.2, -0.15) is 8.42 Å². The van der Waals surface area contributed by atoms with Gasteiger partial charge >= 0.3 is 16.5 Å². The highest BCUT2D eigenvalue weighted by Gasteiger charge is 2.51. The van der Waals surface area contributed by atoms with Gasteiger partial charge in [0.2, 0.25) is 5.95 Å². The van der Waals surface area contributed by atoms with Gasteiger partial charge in [0.25, 0.3) is 5.91 Å². The van der Waals surface area contributed by atoms with Crippen LogP contribution in [0.1, 0.15) is 12.5 Å². The lowest BCUT2D eigenvalue weighted by molar-refractivity contribution is -0.274. The molecule has 8 nitrogen and oxygen atoms in total. The molecule has 0 radical (unpaired) electrons. The summed E-state index contributed by atoms with van der Waals surface area (Å²) in [5, 5.41) is -0.222. The summed E-state index contributed by atoms with van der Waals surface area (Å²) < 4.78 is 76.0. The number of ether oxygens (including phenoxy) is 1. The third-order valence-corrected chi connectivity index (χ3v) is 6.40. The van der Waals surface area contributed by atoms with E-state index in [2.05, 4.69) is 9.72 Å². The molecule has 2 aromatic carbocycles. The van der Waals surface area contributed by atoms with Gasteiger partial charge in [-0.05, 0) is 42.8 Å². The minimum atomic E-state index is -4.87. The molecule has 180 valence electrons. The fourth-order valence-corrected chi connectivity index (χ4v) is 5.03. The van der Waals surface area contributed by atoms with Crippen molar-refractivity contribution in [3.8, 4) is 5.75 Å². The Hall–Kier alpha value is -2.80. The highest BCUT2D eigenvalue weighted by molar-refractivity contribution is 7.85. The molecule has 1 atom stereocenters. The van der Waals surface area contributed by atoms with Crippen LogP contribution >= 0.6 is 23.2 Å². The second kappa shape index (κ2) is 8.15. The molecule has 1 unspecified atom stereocenters. The van der Waals surface area contributed by atoms with Crippen LogP contribution < -0.4 is 9.64 Å². The average Bonchev–Trinajstić information content (AvgIpc) is 3.21. The molecule has 0 saturated heterocycles. The van der Waals surface area contributed by atoms with Gasteiger partial charge in [-0.1, -0.05) is 35.3 Å². The normalized spacial score (nSPS) is 18.3. The van der Waals surface area contributed by atoms with Crippen LogP contribution in [0, 0.1) is 0 Å². The van der Waals surface area contributed by atoms with E-state index in [0.717, 1.165) is 27.8 Å². The van der Waals surface area contributed by atoms with Crippen molar-refractivity contribution >= 4 is 50.9 Å². The third-order valence-electron chi connectivity index (χ3n) is 5.14. The maximum Gasteiger partial charge on any atom is 0.573 e. The van der Waals surface area contributed by atoms with Crippen molar-refractivity contribution in [3.05, 3.63) is 64.3 Å². The lowest BCUT2D eigenvalue weighted by Gasteiger charge is -2.26. The van der Waals surface area contributed by atoms with Crippen LogP contribution in [-0.4, -0.2) is 34.8 Å². The van der Waals surface area contributed by atoms with Crippen LogP contribution in [0.25, 0.3) is 0 Å². The van der Waals surface area contributed by atoms with Gasteiger partial charge in [-0.25, -0.2) is 9.88 Å². The van der Waals surface area contributed by atoms with E-state index in [1.807, 2.05) is 0 Å². The number of benzene rings is 2. The molecule has 0 saturated carbocycles. The van der Waals surface area contributed by atoms with Crippen LogP contribution in [0.3, 0.4) is 0 Å². The van der Waals surface area contributed by atoms with E-state index in [-0.39, 0.29) is 28.1 Å². The van der Waals surface area contributed by atoms with Crippen molar-refractivity contribution in [2.45, 2.75) is 30.3 Å². The van der Waals surface area contributed by atoms with E-state index in [9.17, 15) is 30.9 Å². The summed E-state index contributed by atoms with van der Waals surface area (Å²) >= 11 is 12.1. The molecular weight excluding hydrogens is 522 g/mol. The molecule has 4 rings (SSSR count). The Labute approximate surface area is 201 Å². The van der Waals surface area contributed by atoms with E-state index in [1.54, 1.807) is 0 Å². The minimum absolute atomic E-state index is 0.115. The summed E-state index contributed by atoms with van der Waals surface area (Å²) in [6, 6.07) is 9.04. The number of hydrogen-bond donors (Lipinski definition) is 1. The smallest absolute Gasteiger partial charge is 0.406 e. The summed E-state index contributed by atoms with van der Waals surface area (Å²) in [7, 11) is -4.80. The van der Waals surface area contributed by atoms with Crippen molar-refractivity contribution in [1.29, 1.82) is 0 Å². The fraction of sp³-hybridized carbons (Fsp3) is 0.200. The summed E-state index contributed by atoms with van der Waals surface area (Å²) in [6.07, 6.45) is -4.13. The topological polar surface area (TPSA) is 102 Å². The first-order valence-electron chi connectivity index (χ1n) is 9.40. The van der Waals surface area contributed by atoms with Crippen molar-refractivity contribution in [2.75, 3.05) is 4.90 Å². The van der Waals surface area contributed by atoms with E-state index in [1.165, 1.54) is 37.3 Å². The van der Waals surface area contributed by atoms with Crippen LogP contribution in [0.4, 0.5) is 24.8 Å². The molecule has 2 heterocycles. The number of alkyl halides is 3. The van der Waals surface area contributed by atoms with Crippen molar-refractivity contribution < 1.29 is 35.7 Å². The molecular formula is C20H14Cl2F3N3O5S. The van der Waals surface area contributed by atoms with Crippen LogP contribution in [0.5, 0.6) is 5.75 Å². The van der Waals surface area contributed by atoms with Gasteiger partial charge < -0.3 is 4.74 Å². The Kier molecular flexibility index (Phi) is 5.83. The lowest BCUT2D eigenvalue weighted by Crippen LogP contribution is -2.41. The number of hydrogen-bond acceptors (Lipinski definition) is 5. The standard InChI is InChI=1S/C20H14Cl2F3N3O5S/c1-19(9-11-2-4-15(5-3-11)33-20(23,24)25)17(29)27(14-7-12(21)6-13(22)8-14)18-26-10-16(28(18)19)34(30,31)32/h2-8,10H,9H2,1H3,(H,30,31,32). The first-order valence-corrected chi connectivity index (χ1v) is 11.6. The molecule has 0 fully saturated rings. The van der Waals surface area contributed by atoms with Crippen LogP contribution in [0.2, 0.25) is 10.0 Å². The highest BCUT2D eigenvalue weighted by Crippen LogP contribution is 2.44. The predicted molar refractivity (Wildman–Crippen MR) is 116 cm³/mol. The van der Waals surface area contributed by atoms with E-state index in [4.69, 9.17) is 23.2 Å². The second-order valence-corrected chi connectivity index (χ2v) is 9.86. The molecule has 0 bridgehead atoms. The number of aromatic nitrogens is 2. The Morgan fingerprint density at radius 3 is 2.24 bits per heavy atom. The zero-order chi connectivity index (χ0) is 25.1. The van der Waals surface area contributed by atoms with Gasteiger partial charge in [0.1, 0.15) is 11.3 Å². The Morgan fingerprint density at radius 2 is 1.71 bits per heavy atom. The van der Waals surface area contributed by atoms with Crippen molar-refractivity contribution in [2.24, 2.45) is 0 Å². The number of nitrogens with zero attached hydrogens (tertiary/aromatic N) is 3. The number of imidazole rings is 1. The number of amides is 1. The lowest BCUT2D eigenvalue weighted by atomic mass is 9.92. The van der Waals surface area contributed by atoms with Gasteiger partial charge in [-0.3, -0.25) is 13.9 Å². The number of rotatable bonds is 5. The van der Waals surface area contributed by atoms with Crippen LogP contribution in [0.15, 0.2) is 53.7 Å². The predicted octanol–water partition coefficient (Wildman–Crippen LogP) is 4.97. The first-order chi connectivity index (χ1) is 15.7. The molecule has 1 aromatic heterocycles. The number of carbonyl (C=O) groups is 1. The second-order valence-electron chi connectivity index (χ2n) is 7.62. The van der Waals surface area contributed by atoms with Gasteiger partial charge in [-0.15, -0.1) is 13.2 Å². The maximum atomic E-state index is 13.6. The quantitative estimate of drug-likeness (QED) is 0.462. The molecule has 1 amide bonds. The van der Waals surface area contributed by atoms with Gasteiger partial charge in [0.15, 0.2) is 5.03 Å². The minimum Gasteiger partial charge on any atom is -0.406 e. The van der Waals surface area contributed by atoms with Crippen molar-refractivity contribution in [3.63, 3.8) is 0 Å². The Morgan fingerprint density at radius 1 is 1.12 bits per heavy atom. The summed E-state index contributed by atoms with van der Waals surface area (Å²) in [5.41, 5.74) is -1.05. The molecule has 1 N–H and O–H groups in total. The van der Waals surface area contributed by atoms with E-state index < -0.39 is 38.7 Å². The highest BCUT2D eigenvalue weighted by atomic mass is 35.5. The molecule has 14 heteroatoms. The zero-order valence-electron chi connectivity index (χ0n) is 17.0. The van der Waals surface area contributed by atoms with Gasteiger partial charge in [0.05, 0.1) is 11.9 Å². The number of halogens is 5. The maximum absolute atomic E-state index is 13.6. The van der Waals surface area contributed by atoms with Gasteiger partial charge in [0, 0.05) is 16.5 Å². The third kappa shape index (κ3) is 4.45. The first kappa shape index (κ1) is 24.3. The summed E-state index contributed by atoms with van der Waals surface area (Å²) in [4.78, 5) is 18.8. The monoisotopic (exact) mass is 535 g/mol. The van der Waals surface area contributed by atoms with E-state index >= 15 is 0 Å².